The number of benzene rings is 1. The highest BCUT2D eigenvalue weighted by Gasteiger charge is 2.20. The summed E-state index contributed by atoms with van der Waals surface area (Å²) in [5, 5.41) is 3.07. The Labute approximate surface area is 125 Å². The number of nitrogens with one attached hydrogen (secondary N) is 1. The molecule has 0 fully saturated rings. The Morgan fingerprint density at radius 2 is 2.19 bits per heavy atom. The van der Waals surface area contributed by atoms with Crippen LogP contribution >= 0.6 is 0 Å². The zero-order valence-electron chi connectivity index (χ0n) is 12.2. The maximum Gasteiger partial charge on any atom is 0.137 e. The first-order chi connectivity index (χ1) is 10.4. The van der Waals surface area contributed by atoms with Crippen molar-refractivity contribution in [3.8, 4) is 5.75 Å². The molecule has 3 rings (SSSR count). The molecule has 1 aliphatic heterocycles. The fraction of sp³-hybridized carbons (Fsp3) is 0.353. The molecule has 21 heavy (non-hydrogen) atoms. The van der Waals surface area contributed by atoms with Crippen molar-refractivity contribution in [3.63, 3.8) is 0 Å². The van der Waals surface area contributed by atoms with Crippen LogP contribution in [0.2, 0.25) is 0 Å². The molecule has 1 aromatic carbocycles. The minimum atomic E-state index is 0.00642. The summed E-state index contributed by atoms with van der Waals surface area (Å²) in [6.07, 6.45) is 2.75. The van der Waals surface area contributed by atoms with Crippen LogP contribution in [0.15, 0.2) is 42.6 Å². The first kappa shape index (κ1) is 14.0. The molecule has 1 atom stereocenters. The third-order valence-electron chi connectivity index (χ3n) is 3.65. The molecule has 0 radical (unpaired) electrons. The Kier molecular flexibility index (Phi) is 4.48. The van der Waals surface area contributed by atoms with E-state index in [9.17, 15) is 0 Å². The molecule has 4 heteroatoms. The van der Waals surface area contributed by atoms with Crippen molar-refractivity contribution in [1.82, 2.24) is 10.3 Å². The number of aromatic nitrogens is 1. The van der Waals surface area contributed by atoms with Gasteiger partial charge >= 0.3 is 0 Å². The molecular formula is C17H20N2O2. The molecule has 0 saturated carbocycles. The Morgan fingerprint density at radius 1 is 1.29 bits per heavy atom. The van der Waals surface area contributed by atoms with Gasteiger partial charge in [0.2, 0.25) is 0 Å². The second-order valence-electron chi connectivity index (χ2n) is 5.13. The number of rotatable bonds is 5. The van der Waals surface area contributed by atoms with E-state index in [2.05, 4.69) is 34.6 Å². The smallest absolute Gasteiger partial charge is 0.137 e. The zero-order valence-corrected chi connectivity index (χ0v) is 12.2. The second kappa shape index (κ2) is 6.70. The molecule has 1 aromatic heterocycles. The Morgan fingerprint density at radius 3 is 3.00 bits per heavy atom. The van der Waals surface area contributed by atoms with E-state index >= 15 is 0 Å². The van der Waals surface area contributed by atoms with E-state index in [0.29, 0.717) is 6.61 Å². The molecule has 0 aliphatic carbocycles. The maximum atomic E-state index is 5.83. The average molecular weight is 284 g/mol. The first-order valence-electron chi connectivity index (χ1n) is 7.28. The van der Waals surface area contributed by atoms with Crippen LogP contribution in [-0.4, -0.2) is 25.2 Å². The van der Waals surface area contributed by atoms with Crippen LogP contribution in [0.25, 0.3) is 0 Å². The third-order valence-corrected chi connectivity index (χ3v) is 3.65. The van der Waals surface area contributed by atoms with Crippen molar-refractivity contribution in [2.75, 3.05) is 20.3 Å². The van der Waals surface area contributed by atoms with Crippen molar-refractivity contribution in [2.24, 2.45) is 0 Å². The Hall–Kier alpha value is -1.91. The lowest BCUT2D eigenvalue weighted by molar-refractivity contribution is 0.0101. The standard InChI is InChI=1S/C17H20N2O2/c1-18-10-14-6-7-15(11-19-14)21-12-17-16-5-3-2-4-13(16)8-9-20-17/h2-7,11,17-18H,8-10,12H2,1H3. The summed E-state index contributed by atoms with van der Waals surface area (Å²) < 4.78 is 11.7. The van der Waals surface area contributed by atoms with E-state index in [0.717, 1.165) is 31.0 Å². The number of hydrogen-bond acceptors (Lipinski definition) is 4. The number of pyridine rings is 1. The summed E-state index contributed by atoms with van der Waals surface area (Å²) in [7, 11) is 1.91. The molecule has 0 saturated heterocycles. The Balaban J connectivity index is 1.63. The van der Waals surface area contributed by atoms with Crippen LogP contribution in [0.4, 0.5) is 0 Å². The summed E-state index contributed by atoms with van der Waals surface area (Å²) >= 11 is 0. The third kappa shape index (κ3) is 3.40. The molecule has 1 unspecified atom stereocenters. The summed E-state index contributed by atoms with van der Waals surface area (Å²) in [6.45, 7) is 2.04. The second-order valence-corrected chi connectivity index (χ2v) is 5.13. The van der Waals surface area contributed by atoms with E-state index in [1.54, 1.807) is 6.20 Å². The number of hydrogen-bond donors (Lipinski definition) is 1. The minimum Gasteiger partial charge on any atom is -0.489 e. The van der Waals surface area contributed by atoms with Gasteiger partial charge in [-0.25, -0.2) is 0 Å². The average Bonchev–Trinajstić information content (AvgIpc) is 2.54. The normalized spacial score (nSPS) is 17.3. The molecular weight excluding hydrogens is 264 g/mol. The van der Waals surface area contributed by atoms with E-state index in [-0.39, 0.29) is 6.10 Å². The monoisotopic (exact) mass is 284 g/mol. The minimum absolute atomic E-state index is 0.00642. The summed E-state index contributed by atoms with van der Waals surface area (Å²) in [6, 6.07) is 12.3. The molecule has 110 valence electrons. The van der Waals surface area contributed by atoms with E-state index in [1.807, 2.05) is 19.2 Å². The van der Waals surface area contributed by atoms with E-state index in [4.69, 9.17) is 9.47 Å². The topological polar surface area (TPSA) is 43.4 Å². The zero-order chi connectivity index (χ0) is 14.5. The van der Waals surface area contributed by atoms with Crippen LogP contribution in [0.1, 0.15) is 22.9 Å². The van der Waals surface area contributed by atoms with Crippen molar-refractivity contribution in [3.05, 3.63) is 59.4 Å². The largest absolute Gasteiger partial charge is 0.489 e. The molecule has 4 nitrogen and oxygen atoms in total. The van der Waals surface area contributed by atoms with Crippen LogP contribution in [-0.2, 0) is 17.7 Å². The van der Waals surface area contributed by atoms with E-state index in [1.165, 1.54) is 11.1 Å². The van der Waals surface area contributed by atoms with Crippen molar-refractivity contribution in [2.45, 2.75) is 19.1 Å². The van der Waals surface area contributed by atoms with Crippen LogP contribution in [0.3, 0.4) is 0 Å². The molecule has 0 amide bonds. The van der Waals surface area contributed by atoms with Gasteiger partial charge in [-0.3, -0.25) is 4.98 Å². The van der Waals surface area contributed by atoms with E-state index < -0.39 is 0 Å². The lowest BCUT2D eigenvalue weighted by atomic mass is 9.98. The highest BCUT2D eigenvalue weighted by Crippen LogP contribution is 2.27. The van der Waals surface area contributed by atoms with Gasteiger partial charge in [0.25, 0.3) is 0 Å². The predicted molar refractivity (Wildman–Crippen MR) is 81.3 cm³/mol. The van der Waals surface area contributed by atoms with Crippen LogP contribution in [0.5, 0.6) is 5.75 Å². The van der Waals surface area contributed by atoms with Gasteiger partial charge in [0, 0.05) is 6.54 Å². The van der Waals surface area contributed by atoms with Crippen molar-refractivity contribution >= 4 is 0 Å². The van der Waals surface area contributed by atoms with Crippen molar-refractivity contribution in [1.29, 1.82) is 0 Å². The molecule has 1 N–H and O–H groups in total. The number of nitrogens with zero attached hydrogens (tertiary/aromatic N) is 1. The predicted octanol–water partition coefficient (Wildman–Crippen LogP) is 2.49. The molecule has 1 aliphatic rings. The van der Waals surface area contributed by atoms with Gasteiger partial charge in [-0.1, -0.05) is 24.3 Å². The lowest BCUT2D eigenvalue weighted by Crippen LogP contribution is -2.21. The quantitative estimate of drug-likeness (QED) is 0.916. The van der Waals surface area contributed by atoms with Gasteiger partial charge in [-0.2, -0.15) is 0 Å². The lowest BCUT2D eigenvalue weighted by Gasteiger charge is -2.26. The van der Waals surface area contributed by atoms with Gasteiger partial charge < -0.3 is 14.8 Å². The molecule has 0 spiro atoms. The fourth-order valence-corrected chi connectivity index (χ4v) is 2.57. The van der Waals surface area contributed by atoms with Crippen LogP contribution < -0.4 is 10.1 Å². The molecule has 2 heterocycles. The van der Waals surface area contributed by atoms with Crippen molar-refractivity contribution < 1.29 is 9.47 Å². The summed E-state index contributed by atoms with van der Waals surface area (Å²) in [4.78, 5) is 4.35. The summed E-state index contributed by atoms with van der Waals surface area (Å²) in [5.41, 5.74) is 3.60. The van der Waals surface area contributed by atoms with Gasteiger partial charge in [0.15, 0.2) is 0 Å². The number of ether oxygens (including phenoxy) is 2. The fourth-order valence-electron chi connectivity index (χ4n) is 2.57. The molecule has 2 aromatic rings. The Bertz CT molecular complexity index is 584. The molecule has 0 bridgehead atoms. The van der Waals surface area contributed by atoms with Gasteiger partial charge in [0.05, 0.1) is 18.5 Å². The van der Waals surface area contributed by atoms with Gasteiger partial charge in [-0.05, 0) is 36.7 Å². The van der Waals surface area contributed by atoms with Gasteiger partial charge in [-0.15, -0.1) is 0 Å². The summed E-state index contributed by atoms with van der Waals surface area (Å²) in [5.74, 6) is 0.779. The first-order valence-corrected chi connectivity index (χ1v) is 7.28. The highest BCUT2D eigenvalue weighted by molar-refractivity contribution is 5.31. The maximum absolute atomic E-state index is 5.83. The van der Waals surface area contributed by atoms with Crippen LogP contribution in [0, 0.1) is 0 Å². The van der Waals surface area contributed by atoms with Gasteiger partial charge in [0.1, 0.15) is 18.5 Å². The SMILES string of the molecule is CNCc1ccc(OCC2OCCc3ccccc32)cn1. The number of fused-ring (bicyclic) bond motifs is 1. The highest BCUT2D eigenvalue weighted by atomic mass is 16.5.